The summed E-state index contributed by atoms with van der Waals surface area (Å²) in [5, 5.41) is 0.655. The number of benzene rings is 1. The van der Waals surface area contributed by atoms with E-state index in [1.165, 1.54) is 6.07 Å². The van der Waals surface area contributed by atoms with Gasteiger partial charge in [0.25, 0.3) is 11.8 Å². The summed E-state index contributed by atoms with van der Waals surface area (Å²) in [6, 6.07) is 4.66. The molecule has 0 aliphatic carbocycles. The Morgan fingerprint density at radius 1 is 1.12 bits per heavy atom. The summed E-state index contributed by atoms with van der Waals surface area (Å²) in [4.78, 5) is 33.7. The van der Waals surface area contributed by atoms with Gasteiger partial charge in [0.05, 0.1) is 0 Å². The molecule has 2 aromatic rings. The molecular formula is C16H18N2O6. The average molecular weight is 334 g/mol. The fourth-order valence-electron chi connectivity index (χ4n) is 2.27. The predicted octanol–water partition coefficient (Wildman–Crippen LogP) is 0.474. The van der Waals surface area contributed by atoms with Gasteiger partial charge in [0.15, 0.2) is 24.5 Å². The van der Waals surface area contributed by atoms with E-state index < -0.39 is 30.7 Å². The first-order valence-electron chi connectivity index (χ1n) is 7.34. The lowest BCUT2D eigenvalue weighted by molar-refractivity contribution is -0.121. The lowest BCUT2D eigenvalue weighted by Crippen LogP contribution is -2.22. The van der Waals surface area contributed by atoms with Crippen LogP contribution in [0.25, 0.3) is 11.0 Å². The maximum atomic E-state index is 11.8. The van der Waals surface area contributed by atoms with Crippen molar-refractivity contribution in [3.8, 4) is 11.5 Å². The number of primary amides is 2. The van der Waals surface area contributed by atoms with Crippen molar-refractivity contribution in [3.05, 3.63) is 34.2 Å². The van der Waals surface area contributed by atoms with Gasteiger partial charge < -0.3 is 25.4 Å². The van der Waals surface area contributed by atoms with Gasteiger partial charge >= 0.3 is 5.63 Å². The van der Waals surface area contributed by atoms with Crippen molar-refractivity contribution >= 4 is 22.8 Å². The lowest BCUT2D eigenvalue weighted by Gasteiger charge is -2.14. The minimum Gasteiger partial charge on any atom is -0.480 e. The summed E-state index contributed by atoms with van der Waals surface area (Å²) in [6.45, 7) is 1.15. The number of aryl methyl sites for hydroxylation is 1. The van der Waals surface area contributed by atoms with Crippen LogP contribution in [-0.2, 0) is 16.0 Å². The number of hydrogen-bond donors (Lipinski definition) is 2. The molecule has 4 N–H and O–H groups in total. The van der Waals surface area contributed by atoms with E-state index in [-0.39, 0.29) is 17.1 Å². The summed E-state index contributed by atoms with van der Waals surface area (Å²) >= 11 is 0. The standard InChI is InChI=1S/C16H18N2O6/c1-2-3-9-6-14(21)24-15-10(9)4-5-11(22-7-12(17)19)16(15)23-8-13(18)20/h4-6H,2-3,7-8H2,1H3,(H2,17,19)(H2,18,20). The van der Waals surface area contributed by atoms with E-state index in [1.54, 1.807) is 12.1 Å². The summed E-state index contributed by atoms with van der Waals surface area (Å²) in [5.41, 5.74) is 10.5. The van der Waals surface area contributed by atoms with E-state index in [9.17, 15) is 14.4 Å². The van der Waals surface area contributed by atoms with E-state index in [0.717, 1.165) is 12.0 Å². The van der Waals surface area contributed by atoms with Crippen molar-refractivity contribution in [2.45, 2.75) is 19.8 Å². The Morgan fingerprint density at radius 2 is 1.79 bits per heavy atom. The molecule has 2 amide bonds. The van der Waals surface area contributed by atoms with Crippen molar-refractivity contribution in [2.75, 3.05) is 13.2 Å². The first kappa shape index (κ1) is 17.3. The summed E-state index contributed by atoms with van der Waals surface area (Å²) < 4.78 is 15.8. The van der Waals surface area contributed by atoms with Crippen molar-refractivity contribution in [1.82, 2.24) is 0 Å². The Bertz CT molecular complexity index is 827. The van der Waals surface area contributed by atoms with Crippen molar-refractivity contribution in [2.24, 2.45) is 11.5 Å². The number of rotatable bonds is 8. The zero-order valence-corrected chi connectivity index (χ0v) is 13.2. The number of carbonyl (C=O) groups excluding carboxylic acids is 2. The largest absolute Gasteiger partial charge is 0.480 e. The third-order valence-corrected chi connectivity index (χ3v) is 3.16. The normalized spacial score (nSPS) is 10.5. The monoisotopic (exact) mass is 334 g/mol. The van der Waals surface area contributed by atoms with Gasteiger partial charge in [-0.25, -0.2) is 4.79 Å². The predicted molar refractivity (Wildman–Crippen MR) is 85.9 cm³/mol. The van der Waals surface area contributed by atoms with Gasteiger partial charge in [-0.1, -0.05) is 13.3 Å². The molecule has 0 radical (unpaired) electrons. The van der Waals surface area contributed by atoms with E-state index >= 15 is 0 Å². The highest BCUT2D eigenvalue weighted by molar-refractivity contribution is 5.88. The highest BCUT2D eigenvalue weighted by atomic mass is 16.5. The van der Waals surface area contributed by atoms with Crippen molar-refractivity contribution < 1.29 is 23.5 Å². The van der Waals surface area contributed by atoms with Crippen LogP contribution in [0.5, 0.6) is 11.5 Å². The Labute approximate surface area is 137 Å². The molecule has 0 aliphatic rings. The van der Waals surface area contributed by atoms with Crippen LogP contribution in [0.2, 0.25) is 0 Å². The van der Waals surface area contributed by atoms with E-state index in [2.05, 4.69) is 0 Å². The second kappa shape index (κ2) is 7.49. The van der Waals surface area contributed by atoms with Gasteiger partial charge in [0.1, 0.15) is 0 Å². The smallest absolute Gasteiger partial charge is 0.336 e. The van der Waals surface area contributed by atoms with E-state index in [1.807, 2.05) is 6.92 Å². The molecule has 24 heavy (non-hydrogen) atoms. The SMILES string of the molecule is CCCc1cc(=O)oc2c(OCC(N)=O)c(OCC(N)=O)ccc12. The molecule has 0 aliphatic heterocycles. The highest BCUT2D eigenvalue weighted by Gasteiger charge is 2.17. The number of ether oxygens (including phenoxy) is 2. The minimum atomic E-state index is -0.708. The third-order valence-electron chi connectivity index (χ3n) is 3.16. The van der Waals surface area contributed by atoms with Gasteiger partial charge in [-0.3, -0.25) is 9.59 Å². The summed E-state index contributed by atoms with van der Waals surface area (Å²) in [5.74, 6) is -1.24. The van der Waals surface area contributed by atoms with Gasteiger partial charge in [-0.15, -0.1) is 0 Å². The molecule has 1 aromatic heterocycles. The quantitative estimate of drug-likeness (QED) is 0.674. The molecule has 0 unspecified atom stereocenters. The first-order valence-corrected chi connectivity index (χ1v) is 7.34. The maximum absolute atomic E-state index is 11.8. The molecule has 0 fully saturated rings. The number of nitrogens with two attached hydrogens (primary N) is 2. The molecule has 1 aromatic carbocycles. The molecule has 128 valence electrons. The molecule has 8 heteroatoms. The number of hydrogen-bond acceptors (Lipinski definition) is 6. The van der Waals surface area contributed by atoms with Gasteiger partial charge in [0.2, 0.25) is 5.75 Å². The Balaban J connectivity index is 2.60. The first-order chi connectivity index (χ1) is 11.4. The van der Waals surface area contributed by atoms with Crippen LogP contribution in [-0.4, -0.2) is 25.0 Å². The van der Waals surface area contributed by atoms with Crippen LogP contribution in [0, 0.1) is 0 Å². The summed E-state index contributed by atoms with van der Waals surface area (Å²) in [7, 11) is 0. The Kier molecular flexibility index (Phi) is 5.41. The number of amides is 2. The topological polar surface area (TPSA) is 135 Å². The minimum absolute atomic E-state index is 0.0302. The van der Waals surface area contributed by atoms with Crippen LogP contribution < -0.4 is 26.6 Å². The molecule has 0 atom stereocenters. The molecule has 0 saturated carbocycles. The Hall–Kier alpha value is -3.03. The van der Waals surface area contributed by atoms with Crippen LogP contribution in [0.15, 0.2) is 27.4 Å². The molecule has 0 saturated heterocycles. The van der Waals surface area contributed by atoms with E-state index in [0.29, 0.717) is 11.8 Å². The number of fused-ring (bicyclic) bond motifs is 1. The molecule has 8 nitrogen and oxygen atoms in total. The molecule has 0 spiro atoms. The van der Waals surface area contributed by atoms with Crippen LogP contribution in [0.3, 0.4) is 0 Å². The molecular weight excluding hydrogens is 316 g/mol. The second-order valence-corrected chi connectivity index (χ2v) is 5.12. The second-order valence-electron chi connectivity index (χ2n) is 5.12. The average Bonchev–Trinajstić information content (AvgIpc) is 2.51. The highest BCUT2D eigenvalue weighted by Crippen LogP contribution is 2.36. The molecule has 0 bridgehead atoms. The van der Waals surface area contributed by atoms with Crippen molar-refractivity contribution in [3.63, 3.8) is 0 Å². The fraction of sp³-hybridized carbons (Fsp3) is 0.312. The summed E-state index contributed by atoms with van der Waals surface area (Å²) in [6.07, 6.45) is 1.49. The Morgan fingerprint density at radius 3 is 2.42 bits per heavy atom. The molecule has 1 heterocycles. The zero-order valence-electron chi connectivity index (χ0n) is 13.2. The molecule has 2 rings (SSSR count). The van der Waals surface area contributed by atoms with Crippen LogP contribution in [0.4, 0.5) is 0 Å². The van der Waals surface area contributed by atoms with E-state index in [4.69, 9.17) is 25.4 Å². The third kappa shape index (κ3) is 4.03. The van der Waals surface area contributed by atoms with Gasteiger partial charge in [0, 0.05) is 11.5 Å². The van der Waals surface area contributed by atoms with Gasteiger partial charge in [-0.2, -0.15) is 0 Å². The fourth-order valence-corrected chi connectivity index (χ4v) is 2.27. The maximum Gasteiger partial charge on any atom is 0.336 e. The van der Waals surface area contributed by atoms with Crippen molar-refractivity contribution in [1.29, 1.82) is 0 Å². The zero-order chi connectivity index (χ0) is 17.7. The van der Waals surface area contributed by atoms with Crippen LogP contribution >= 0.6 is 0 Å². The lowest BCUT2D eigenvalue weighted by atomic mass is 10.1. The van der Waals surface area contributed by atoms with Gasteiger partial charge in [-0.05, 0) is 24.1 Å². The number of carbonyl (C=O) groups is 2. The van der Waals surface area contributed by atoms with Crippen LogP contribution in [0.1, 0.15) is 18.9 Å².